The minimum Gasteiger partial charge on any atom is -0.489 e. The number of hydrogen-bond donors (Lipinski definition) is 2. The van der Waals surface area contributed by atoms with Gasteiger partial charge in [0.15, 0.2) is 0 Å². The number of anilines is 2. The fourth-order valence-corrected chi connectivity index (χ4v) is 3.51. The van der Waals surface area contributed by atoms with E-state index in [0.717, 1.165) is 11.3 Å². The molecule has 2 N–H and O–H groups in total. The molecule has 0 aromatic heterocycles. The lowest BCUT2D eigenvalue weighted by atomic mass is 10.1. The number of amides is 2. The molecule has 0 bridgehead atoms. The van der Waals surface area contributed by atoms with Crippen LogP contribution in [0.1, 0.15) is 12.0 Å². The average Bonchev–Trinajstić information content (AvgIpc) is 3.20. The Labute approximate surface area is 185 Å². The fourth-order valence-electron chi connectivity index (χ4n) is 3.39. The second kappa shape index (κ2) is 9.53. The van der Waals surface area contributed by atoms with Crippen molar-refractivity contribution in [2.75, 3.05) is 16.9 Å². The summed E-state index contributed by atoms with van der Waals surface area (Å²) >= 11 is 5.90. The zero-order valence-electron chi connectivity index (χ0n) is 16.8. The fraction of sp³-hybridized carbons (Fsp3) is 0.167. The van der Waals surface area contributed by atoms with Crippen LogP contribution in [0.15, 0.2) is 78.9 Å². The summed E-state index contributed by atoms with van der Waals surface area (Å²) in [5, 5.41) is 0.682. The van der Waals surface area contributed by atoms with Gasteiger partial charge in [-0.25, -0.2) is 0 Å². The number of para-hydroxylation sites is 1. The van der Waals surface area contributed by atoms with Gasteiger partial charge in [0.2, 0.25) is 11.8 Å². The van der Waals surface area contributed by atoms with Crippen LogP contribution < -0.4 is 20.5 Å². The van der Waals surface area contributed by atoms with E-state index in [-0.39, 0.29) is 18.2 Å². The van der Waals surface area contributed by atoms with Gasteiger partial charge < -0.3 is 9.64 Å². The van der Waals surface area contributed by atoms with Crippen molar-refractivity contribution >= 4 is 34.8 Å². The van der Waals surface area contributed by atoms with Gasteiger partial charge in [0.05, 0.1) is 11.6 Å². The Morgan fingerprint density at radius 1 is 1.03 bits per heavy atom. The maximum atomic E-state index is 12.6. The second-order valence-corrected chi connectivity index (χ2v) is 7.73. The largest absolute Gasteiger partial charge is 0.489 e. The van der Waals surface area contributed by atoms with Crippen LogP contribution in [-0.2, 0) is 16.2 Å². The number of rotatable bonds is 7. The molecule has 1 aliphatic rings. The monoisotopic (exact) mass is 435 g/mol. The Bertz CT molecular complexity index is 1060. The first-order valence-electron chi connectivity index (χ1n) is 9.97. The Hall–Kier alpha value is -3.51. The summed E-state index contributed by atoms with van der Waals surface area (Å²) in [4.78, 5) is 26.5. The summed E-state index contributed by atoms with van der Waals surface area (Å²) in [6, 6.07) is 24.1. The zero-order valence-corrected chi connectivity index (χ0v) is 17.5. The quantitative estimate of drug-likeness (QED) is 0.539. The molecule has 2 amide bonds. The summed E-state index contributed by atoms with van der Waals surface area (Å²) in [5.41, 5.74) is 8.11. The van der Waals surface area contributed by atoms with Crippen LogP contribution in [0.2, 0.25) is 5.02 Å². The molecule has 0 aliphatic carbocycles. The lowest BCUT2D eigenvalue weighted by molar-refractivity contribution is -0.125. The first-order valence-corrected chi connectivity index (χ1v) is 10.3. The predicted octanol–water partition coefficient (Wildman–Crippen LogP) is 4.42. The number of carbonyl (C=O) groups is 2. The van der Waals surface area contributed by atoms with Crippen LogP contribution >= 0.6 is 11.6 Å². The average molecular weight is 436 g/mol. The number of nitrogens with one attached hydrogen (secondary N) is 2. The third kappa shape index (κ3) is 5.35. The van der Waals surface area contributed by atoms with E-state index in [1.807, 2.05) is 72.8 Å². The van der Waals surface area contributed by atoms with Crippen LogP contribution in [0, 0.1) is 5.92 Å². The van der Waals surface area contributed by atoms with Crippen LogP contribution in [0.5, 0.6) is 5.75 Å². The molecule has 1 aliphatic heterocycles. The van der Waals surface area contributed by atoms with Gasteiger partial charge in [-0.3, -0.25) is 20.4 Å². The Morgan fingerprint density at radius 2 is 1.81 bits per heavy atom. The highest BCUT2D eigenvalue weighted by atomic mass is 35.5. The number of hydrazine groups is 1. The van der Waals surface area contributed by atoms with E-state index in [0.29, 0.717) is 29.6 Å². The molecular weight excluding hydrogens is 414 g/mol. The Morgan fingerprint density at radius 3 is 2.58 bits per heavy atom. The summed E-state index contributed by atoms with van der Waals surface area (Å²) in [7, 11) is 0. The Balaban J connectivity index is 1.30. The van der Waals surface area contributed by atoms with Crippen LogP contribution in [0.25, 0.3) is 0 Å². The molecule has 1 heterocycles. The van der Waals surface area contributed by atoms with Crippen LogP contribution in [0.4, 0.5) is 11.4 Å². The summed E-state index contributed by atoms with van der Waals surface area (Å²) in [6.45, 7) is 0.771. The molecule has 4 rings (SSSR count). The molecule has 1 fully saturated rings. The number of nitrogens with zero attached hydrogens (tertiary/aromatic N) is 1. The molecule has 1 saturated heterocycles. The van der Waals surface area contributed by atoms with Gasteiger partial charge >= 0.3 is 0 Å². The minimum absolute atomic E-state index is 0.0519. The number of halogens is 1. The molecule has 3 aromatic rings. The van der Waals surface area contributed by atoms with Crippen LogP contribution in [0.3, 0.4) is 0 Å². The maximum Gasteiger partial charge on any atom is 0.243 e. The van der Waals surface area contributed by atoms with Crippen molar-refractivity contribution in [3.8, 4) is 5.75 Å². The topological polar surface area (TPSA) is 70.7 Å². The van der Waals surface area contributed by atoms with Gasteiger partial charge in [-0.15, -0.1) is 0 Å². The number of hydrogen-bond acceptors (Lipinski definition) is 4. The first-order chi connectivity index (χ1) is 15.1. The summed E-state index contributed by atoms with van der Waals surface area (Å²) in [5.74, 6) is -0.0201. The molecule has 0 spiro atoms. The molecule has 0 unspecified atom stereocenters. The Kier molecular flexibility index (Phi) is 6.38. The zero-order chi connectivity index (χ0) is 21.6. The van der Waals surface area contributed by atoms with Crippen molar-refractivity contribution in [3.05, 3.63) is 89.4 Å². The van der Waals surface area contributed by atoms with E-state index in [9.17, 15) is 9.59 Å². The maximum absolute atomic E-state index is 12.6. The van der Waals surface area contributed by atoms with Gasteiger partial charge in [-0.1, -0.05) is 48.0 Å². The lowest BCUT2D eigenvalue weighted by Gasteiger charge is -2.17. The lowest BCUT2D eigenvalue weighted by Crippen LogP contribution is -2.36. The molecule has 1 atom stereocenters. The standard InChI is InChI=1S/C24H22ClN3O3/c25-19-11-9-17(10-12-19)16-31-22-8-4-5-20(14-22)26-27-24(30)18-13-23(29)28(15-18)21-6-2-1-3-7-21/h1-12,14,18,26H,13,15-16H2,(H,27,30)/t18-/m0/s1. The van der Waals surface area contributed by atoms with Gasteiger partial charge in [0.25, 0.3) is 0 Å². The number of benzene rings is 3. The van der Waals surface area contributed by atoms with Crippen molar-refractivity contribution in [1.29, 1.82) is 0 Å². The second-order valence-electron chi connectivity index (χ2n) is 7.30. The molecule has 0 saturated carbocycles. The van der Waals surface area contributed by atoms with E-state index in [2.05, 4.69) is 10.9 Å². The van der Waals surface area contributed by atoms with E-state index in [4.69, 9.17) is 16.3 Å². The highest BCUT2D eigenvalue weighted by Crippen LogP contribution is 2.25. The van der Waals surface area contributed by atoms with Crippen molar-refractivity contribution in [2.45, 2.75) is 13.0 Å². The normalized spacial score (nSPS) is 15.6. The smallest absolute Gasteiger partial charge is 0.243 e. The third-order valence-electron chi connectivity index (χ3n) is 5.05. The van der Waals surface area contributed by atoms with Crippen molar-refractivity contribution < 1.29 is 14.3 Å². The summed E-state index contributed by atoms with van der Waals surface area (Å²) < 4.78 is 5.81. The van der Waals surface area contributed by atoms with Gasteiger partial charge in [-0.05, 0) is 42.0 Å². The van der Waals surface area contributed by atoms with Crippen molar-refractivity contribution in [2.24, 2.45) is 5.92 Å². The molecule has 3 aromatic carbocycles. The van der Waals surface area contributed by atoms with Crippen molar-refractivity contribution in [1.82, 2.24) is 5.43 Å². The molecule has 7 heteroatoms. The van der Waals surface area contributed by atoms with Crippen LogP contribution in [-0.4, -0.2) is 18.4 Å². The predicted molar refractivity (Wildman–Crippen MR) is 121 cm³/mol. The molecule has 6 nitrogen and oxygen atoms in total. The highest BCUT2D eigenvalue weighted by molar-refractivity contribution is 6.30. The van der Waals surface area contributed by atoms with Gasteiger partial charge in [-0.2, -0.15) is 0 Å². The van der Waals surface area contributed by atoms with Crippen molar-refractivity contribution in [3.63, 3.8) is 0 Å². The van der Waals surface area contributed by atoms with E-state index in [1.165, 1.54) is 0 Å². The molecule has 0 radical (unpaired) electrons. The van der Waals surface area contributed by atoms with Gasteiger partial charge in [0, 0.05) is 29.7 Å². The van der Waals surface area contributed by atoms with E-state index >= 15 is 0 Å². The first kappa shape index (κ1) is 20.8. The number of ether oxygens (including phenoxy) is 1. The molecule has 31 heavy (non-hydrogen) atoms. The SMILES string of the molecule is O=C(NNc1cccc(OCc2ccc(Cl)cc2)c1)[C@H]1CC(=O)N(c2ccccc2)C1. The molecular formula is C24H22ClN3O3. The van der Waals surface area contributed by atoms with E-state index < -0.39 is 5.92 Å². The van der Waals surface area contributed by atoms with Gasteiger partial charge in [0.1, 0.15) is 12.4 Å². The molecule has 158 valence electrons. The van der Waals surface area contributed by atoms with E-state index in [1.54, 1.807) is 11.0 Å². The summed E-state index contributed by atoms with van der Waals surface area (Å²) in [6.07, 6.45) is 0.187. The number of carbonyl (C=O) groups excluding carboxylic acids is 2. The minimum atomic E-state index is -0.412. The third-order valence-corrected chi connectivity index (χ3v) is 5.30. The highest BCUT2D eigenvalue weighted by Gasteiger charge is 2.35.